The highest BCUT2D eigenvalue weighted by atomic mass is 35.5. The zero-order valence-corrected chi connectivity index (χ0v) is 11.5. The number of aromatic nitrogens is 2. The van der Waals surface area contributed by atoms with Crippen molar-refractivity contribution >= 4 is 11.6 Å². The summed E-state index contributed by atoms with van der Waals surface area (Å²) in [5, 5.41) is 8.27. The summed E-state index contributed by atoms with van der Waals surface area (Å²) in [6, 6.07) is 9.02. The number of nitrogens with one attached hydrogen (secondary N) is 1. The van der Waals surface area contributed by atoms with Crippen molar-refractivity contribution in [1.29, 1.82) is 0 Å². The van der Waals surface area contributed by atoms with E-state index >= 15 is 0 Å². The summed E-state index contributed by atoms with van der Waals surface area (Å²) < 4.78 is 1.84. The minimum absolute atomic E-state index is 0.499. The molecule has 0 atom stereocenters. The normalized spacial score (nSPS) is 11.1. The molecule has 1 aromatic heterocycles. The molecule has 2 aromatic rings. The molecule has 0 spiro atoms. The Kier molecular flexibility index (Phi) is 4.39. The summed E-state index contributed by atoms with van der Waals surface area (Å²) in [5.74, 6) is 0. The van der Waals surface area contributed by atoms with E-state index in [0.717, 1.165) is 13.1 Å². The summed E-state index contributed by atoms with van der Waals surface area (Å²) >= 11 is 5.85. The zero-order valence-electron chi connectivity index (χ0n) is 10.7. The Morgan fingerprint density at radius 2 is 2.11 bits per heavy atom. The van der Waals surface area contributed by atoms with Gasteiger partial charge in [0, 0.05) is 18.8 Å². The SMILES string of the molecule is CC(C)NCc1cccc(Cn2cc(Cl)cn2)c1. The molecule has 0 aliphatic rings. The number of benzene rings is 1. The van der Waals surface area contributed by atoms with Gasteiger partial charge < -0.3 is 5.32 Å². The van der Waals surface area contributed by atoms with Gasteiger partial charge in [-0.25, -0.2) is 0 Å². The lowest BCUT2D eigenvalue weighted by Crippen LogP contribution is -2.21. The van der Waals surface area contributed by atoms with Crippen LogP contribution in [0.25, 0.3) is 0 Å². The molecule has 0 radical (unpaired) electrons. The van der Waals surface area contributed by atoms with Crippen LogP contribution in [0, 0.1) is 0 Å². The minimum Gasteiger partial charge on any atom is -0.310 e. The topological polar surface area (TPSA) is 29.9 Å². The van der Waals surface area contributed by atoms with Crippen LogP contribution in [0.5, 0.6) is 0 Å². The van der Waals surface area contributed by atoms with Gasteiger partial charge in [0.1, 0.15) is 0 Å². The molecule has 0 fully saturated rings. The summed E-state index contributed by atoms with van der Waals surface area (Å²) in [5.41, 5.74) is 2.53. The molecule has 0 bridgehead atoms. The van der Waals surface area contributed by atoms with Gasteiger partial charge in [-0.3, -0.25) is 4.68 Å². The quantitative estimate of drug-likeness (QED) is 0.899. The molecule has 96 valence electrons. The van der Waals surface area contributed by atoms with Crippen molar-refractivity contribution in [2.24, 2.45) is 0 Å². The molecule has 0 saturated heterocycles. The predicted octanol–water partition coefficient (Wildman–Crippen LogP) is 3.08. The second kappa shape index (κ2) is 6.03. The number of hydrogen-bond donors (Lipinski definition) is 1. The van der Waals surface area contributed by atoms with Crippen LogP contribution in [0.1, 0.15) is 25.0 Å². The lowest BCUT2D eigenvalue weighted by atomic mass is 10.1. The van der Waals surface area contributed by atoms with Crippen LogP contribution in [0.4, 0.5) is 0 Å². The van der Waals surface area contributed by atoms with Crippen LogP contribution in [-0.4, -0.2) is 15.8 Å². The van der Waals surface area contributed by atoms with E-state index in [4.69, 9.17) is 11.6 Å². The molecule has 0 saturated carbocycles. The van der Waals surface area contributed by atoms with Crippen molar-refractivity contribution in [3.8, 4) is 0 Å². The fraction of sp³-hybridized carbons (Fsp3) is 0.357. The van der Waals surface area contributed by atoms with Crippen molar-refractivity contribution in [3.63, 3.8) is 0 Å². The molecule has 0 amide bonds. The zero-order chi connectivity index (χ0) is 13.0. The Hall–Kier alpha value is -1.32. The van der Waals surface area contributed by atoms with E-state index in [-0.39, 0.29) is 0 Å². The van der Waals surface area contributed by atoms with E-state index in [0.29, 0.717) is 11.1 Å². The van der Waals surface area contributed by atoms with E-state index in [2.05, 4.69) is 48.5 Å². The third-order valence-electron chi connectivity index (χ3n) is 2.65. The molecule has 3 nitrogen and oxygen atoms in total. The van der Waals surface area contributed by atoms with E-state index < -0.39 is 0 Å². The number of hydrogen-bond acceptors (Lipinski definition) is 2. The molecular weight excluding hydrogens is 246 g/mol. The van der Waals surface area contributed by atoms with E-state index in [1.807, 2.05) is 10.9 Å². The van der Waals surface area contributed by atoms with Gasteiger partial charge in [-0.15, -0.1) is 0 Å². The smallest absolute Gasteiger partial charge is 0.0785 e. The minimum atomic E-state index is 0.499. The van der Waals surface area contributed by atoms with Gasteiger partial charge in [0.05, 0.1) is 17.8 Å². The van der Waals surface area contributed by atoms with Crippen molar-refractivity contribution in [1.82, 2.24) is 15.1 Å². The Bertz CT molecular complexity index is 505. The van der Waals surface area contributed by atoms with Crippen LogP contribution in [0.3, 0.4) is 0 Å². The van der Waals surface area contributed by atoms with Gasteiger partial charge in [0.25, 0.3) is 0 Å². The van der Waals surface area contributed by atoms with Gasteiger partial charge in [0.2, 0.25) is 0 Å². The first-order valence-corrected chi connectivity index (χ1v) is 6.50. The predicted molar refractivity (Wildman–Crippen MR) is 74.8 cm³/mol. The molecular formula is C14H18ClN3. The van der Waals surface area contributed by atoms with Gasteiger partial charge in [-0.1, -0.05) is 49.7 Å². The van der Waals surface area contributed by atoms with Crippen LogP contribution in [-0.2, 0) is 13.1 Å². The lowest BCUT2D eigenvalue weighted by molar-refractivity contribution is 0.588. The van der Waals surface area contributed by atoms with E-state index in [9.17, 15) is 0 Å². The summed E-state index contributed by atoms with van der Waals surface area (Å²) in [6.45, 7) is 5.94. The van der Waals surface area contributed by atoms with Crippen LogP contribution in [0.2, 0.25) is 5.02 Å². The second-order valence-electron chi connectivity index (χ2n) is 4.71. The van der Waals surface area contributed by atoms with Gasteiger partial charge in [0.15, 0.2) is 0 Å². The molecule has 1 N–H and O–H groups in total. The number of halogens is 1. The first-order chi connectivity index (χ1) is 8.63. The average molecular weight is 264 g/mol. The monoisotopic (exact) mass is 263 g/mol. The molecule has 2 rings (SSSR count). The molecule has 1 aromatic carbocycles. The van der Waals surface area contributed by atoms with Gasteiger partial charge in [-0.2, -0.15) is 5.10 Å². The maximum Gasteiger partial charge on any atom is 0.0785 e. The van der Waals surface area contributed by atoms with Gasteiger partial charge in [-0.05, 0) is 11.1 Å². The molecule has 0 aliphatic carbocycles. The maximum absolute atomic E-state index is 5.85. The van der Waals surface area contributed by atoms with E-state index in [1.54, 1.807) is 6.20 Å². The van der Waals surface area contributed by atoms with Gasteiger partial charge >= 0.3 is 0 Å². The molecule has 4 heteroatoms. The molecule has 1 heterocycles. The Labute approximate surface area is 113 Å². The maximum atomic E-state index is 5.85. The first kappa shape index (κ1) is 13.1. The fourth-order valence-electron chi connectivity index (χ4n) is 1.77. The highest BCUT2D eigenvalue weighted by molar-refractivity contribution is 6.30. The van der Waals surface area contributed by atoms with Crippen molar-refractivity contribution in [3.05, 3.63) is 52.8 Å². The van der Waals surface area contributed by atoms with Crippen LogP contribution in [0.15, 0.2) is 36.7 Å². The average Bonchev–Trinajstić information content (AvgIpc) is 2.73. The number of nitrogens with zero attached hydrogens (tertiary/aromatic N) is 2. The lowest BCUT2D eigenvalue weighted by Gasteiger charge is -2.09. The summed E-state index contributed by atoms with van der Waals surface area (Å²) in [6.07, 6.45) is 3.49. The van der Waals surface area contributed by atoms with Crippen LogP contribution >= 0.6 is 11.6 Å². The molecule has 0 unspecified atom stereocenters. The van der Waals surface area contributed by atoms with Crippen molar-refractivity contribution in [2.45, 2.75) is 33.0 Å². The van der Waals surface area contributed by atoms with Crippen molar-refractivity contribution in [2.75, 3.05) is 0 Å². The summed E-state index contributed by atoms with van der Waals surface area (Å²) in [7, 11) is 0. The Morgan fingerprint density at radius 1 is 1.33 bits per heavy atom. The molecule has 0 aliphatic heterocycles. The molecule has 18 heavy (non-hydrogen) atoms. The fourth-order valence-corrected chi connectivity index (χ4v) is 1.93. The highest BCUT2D eigenvalue weighted by Gasteiger charge is 2.00. The second-order valence-corrected chi connectivity index (χ2v) is 5.15. The largest absolute Gasteiger partial charge is 0.310 e. The number of rotatable bonds is 5. The first-order valence-electron chi connectivity index (χ1n) is 6.12. The van der Waals surface area contributed by atoms with Crippen molar-refractivity contribution < 1.29 is 0 Å². The summed E-state index contributed by atoms with van der Waals surface area (Å²) in [4.78, 5) is 0. The standard InChI is InChI=1S/C14H18ClN3/c1-11(2)16-7-12-4-3-5-13(6-12)9-18-10-14(15)8-17-18/h3-6,8,10-11,16H,7,9H2,1-2H3. The third kappa shape index (κ3) is 3.86. The Morgan fingerprint density at radius 3 is 2.78 bits per heavy atom. The Balaban J connectivity index is 2.02. The van der Waals surface area contributed by atoms with E-state index in [1.165, 1.54) is 11.1 Å². The highest BCUT2D eigenvalue weighted by Crippen LogP contribution is 2.10. The van der Waals surface area contributed by atoms with Crippen LogP contribution < -0.4 is 5.32 Å². The third-order valence-corrected chi connectivity index (χ3v) is 2.85.